The van der Waals surface area contributed by atoms with Crippen LogP contribution in [0.25, 0.3) is 0 Å². The first-order chi connectivity index (χ1) is 13.5. The van der Waals surface area contributed by atoms with Crippen molar-refractivity contribution in [1.82, 2.24) is 10.3 Å². The number of carbonyl (C=O) groups is 2. The molecule has 0 bridgehead atoms. The molecule has 2 unspecified atom stereocenters. The fourth-order valence-corrected chi connectivity index (χ4v) is 2.47. The van der Waals surface area contributed by atoms with Crippen LogP contribution in [-0.2, 0) is 4.79 Å². The number of aryl methyl sites for hydroxylation is 1. The van der Waals surface area contributed by atoms with Gasteiger partial charge in [0.05, 0.1) is 6.04 Å². The summed E-state index contributed by atoms with van der Waals surface area (Å²) in [6.07, 6.45) is -6.38. The number of amides is 2. The van der Waals surface area contributed by atoms with Crippen LogP contribution in [0, 0.1) is 6.92 Å². The van der Waals surface area contributed by atoms with Gasteiger partial charge in [0.2, 0.25) is 12.1 Å². The molecule has 1 aromatic heterocycles. The Kier molecular flexibility index (Phi) is 6.84. The van der Waals surface area contributed by atoms with Crippen molar-refractivity contribution in [3.8, 4) is 5.75 Å². The molecule has 9 heteroatoms. The van der Waals surface area contributed by atoms with Gasteiger partial charge in [-0.1, -0.05) is 12.1 Å². The van der Waals surface area contributed by atoms with E-state index in [1.165, 1.54) is 37.3 Å². The summed E-state index contributed by atoms with van der Waals surface area (Å²) in [6, 6.07) is 8.13. The first-order valence-electron chi connectivity index (χ1n) is 8.86. The SMILES string of the molecule is CC(=O)Nc1cc(C(=O)NC(C)c2ccc(OC(F)(F)C(C)F)cc2)cc(C)n1. The molecule has 2 amide bonds. The second-order valence-corrected chi connectivity index (χ2v) is 6.61. The number of nitrogens with one attached hydrogen (secondary N) is 2. The van der Waals surface area contributed by atoms with Crippen LogP contribution < -0.4 is 15.4 Å². The van der Waals surface area contributed by atoms with Crippen molar-refractivity contribution in [3.05, 3.63) is 53.2 Å². The molecule has 0 aliphatic carbocycles. The van der Waals surface area contributed by atoms with Crippen LogP contribution >= 0.6 is 0 Å². The van der Waals surface area contributed by atoms with E-state index in [2.05, 4.69) is 20.4 Å². The number of ether oxygens (including phenoxy) is 1. The van der Waals surface area contributed by atoms with Crippen LogP contribution in [0.4, 0.5) is 19.0 Å². The topological polar surface area (TPSA) is 80.3 Å². The second kappa shape index (κ2) is 8.93. The Bertz CT molecular complexity index is 886. The number of alkyl halides is 3. The summed E-state index contributed by atoms with van der Waals surface area (Å²) in [5.41, 5.74) is 1.50. The van der Waals surface area contributed by atoms with Crippen molar-refractivity contribution in [2.75, 3.05) is 5.32 Å². The summed E-state index contributed by atoms with van der Waals surface area (Å²) < 4.78 is 43.8. The van der Waals surface area contributed by atoms with Gasteiger partial charge in [-0.05, 0) is 50.6 Å². The Labute approximate surface area is 166 Å². The highest BCUT2D eigenvalue weighted by Gasteiger charge is 2.39. The van der Waals surface area contributed by atoms with E-state index in [1.807, 2.05) is 0 Å². The molecule has 2 rings (SSSR count). The van der Waals surface area contributed by atoms with Gasteiger partial charge in [0.1, 0.15) is 11.6 Å². The molecule has 0 spiro atoms. The summed E-state index contributed by atoms with van der Waals surface area (Å²) in [7, 11) is 0. The molecule has 2 N–H and O–H groups in total. The number of benzene rings is 1. The van der Waals surface area contributed by atoms with Crippen LogP contribution in [-0.4, -0.2) is 29.1 Å². The number of nitrogens with zero attached hydrogens (tertiary/aromatic N) is 1. The summed E-state index contributed by atoms with van der Waals surface area (Å²) in [5.74, 6) is -0.628. The molecule has 0 radical (unpaired) electrons. The monoisotopic (exact) mass is 409 g/mol. The van der Waals surface area contributed by atoms with E-state index in [4.69, 9.17) is 0 Å². The zero-order valence-corrected chi connectivity index (χ0v) is 16.4. The number of rotatable bonds is 7. The Hall–Kier alpha value is -3.10. The number of anilines is 1. The lowest BCUT2D eigenvalue weighted by molar-refractivity contribution is -0.215. The van der Waals surface area contributed by atoms with Gasteiger partial charge in [-0.25, -0.2) is 9.37 Å². The predicted octanol–water partition coefficient (Wildman–Crippen LogP) is 4.17. The van der Waals surface area contributed by atoms with Gasteiger partial charge in [0, 0.05) is 18.2 Å². The molecule has 1 aromatic carbocycles. The Morgan fingerprint density at radius 3 is 2.31 bits per heavy atom. The van der Waals surface area contributed by atoms with Crippen molar-refractivity contribution in [3.63, 3.8) is 0 Å². The molecule has 0 fully saturated rings. The highest BCUT2D eigenvalue weighted by atomic mass is 19.3. The Balaban J connectivity index is 2.08. The first-order valence-corrected chi connectivity index (χ1v) is 8.86. The van der Waals surface area contributed by atoms with Gasteiger partial charge in [-0.2, -0.15) is 8.78 Å². The van der Waals surface area contributed by atoms with Gasteiger partial charge in [-0.15, -0.1) is 0 Å². The van der Waals surface area contributed by atoms with Crippen LogP contribution in [0.2, 0.25) is 0 Å². The van der Waals surface area contributed by atoms with Crippen LogP contribution in [0.5, 0.6) is 5.75 Å². The first kappa shape index (κ1) is 22.2. The average Bonchev–Trinajstić information content (AvgIpc) is 2.60. The minimum Gasteiger partial charge on any atom is -0.430 e. The van der Waals surface area contributed by atoms with Crippen LogP contribution in [0.15, 0.2) is 36.4 Å². The van der Waals surface area contributed by atoms with E-state index in [9.17, 15) is 22.8 Å². The smallest absolute Gasteiger partial charge is 0.429 e. The maximum absolute atomic E-state index is 13.3. The van der Waals surface area contributed by atoms with Gasteiger partial charge in [0.15, 0.2) is 0 Å². The van der Waals surface area contributed by atoms with E-state index in [-0.39, 0.29) is 17.5 Å². The van der Waals surface area contributed by atoms with Crippen molar-refractivity contribution in [1.29, 1.82) is 0 Å². The number of carbonyl (C=O) groups excluding carboxylic acids is 2. The fraction of sp³-hybridized carbons (Fsp3) is 0.350. The number of hydrogen-bond acceptors (Lipinski definition) is 4. The largest absolute Gasteiger partial charge is 0.430 e. The van der Waals surface area contributed by atoms with Crippen molar-refractivity contribution in [2.24, 2.45) is 0 Å². The van der Waals surface area contributed by atoms with Gasteiger partial charge < -0.3 is 15.4 Å². The maximum Gasteiger partial charge on any atom is 0.429 e. The molecule has 0 aliphatic heterocycles. The summed E-state index contributed by atoms with van der Waals surface area (Å²) in [6.45, 7) is 5.46. The third-order valence-electron chi connectivity index (χ3n) is 3.96. The minimum absolute atomic E-state index is 0.188. The quantitative estimate of drug-likeness (QED) is 0.719. The molecule has 1 heterocycles. The molecule has 0 aliphatic rings. The molecule has 29 heavy (non-hydrogen) atoms. The van der Waals surface area contributed by atoms with Gasteiger partial charge in [0.25, 0.3) is 5.91 Å². The standard InChI is InChI=1S/C20H22F3N3O3/c1-11-9-16(10-18(24-11)26-14(4)27)19(28)25-12(2)15-5-7-17(8-6-15)29-20(22,23)13(3)21/h5-10,12-13H,1-4H3,(H,25,28)(H,24,26,27). The third-order valence-corrected chi connectivity index (χ3v) is 3.96. The molecule has 156 valence electrons. The molecular formula is C20H22F3N3O3. The van der Waals surface area contributed by atoms with Crippen molar-refractivity contribution >= 4 is 17.6 Å². The number of pyridine rings is 1. The van der Waals surface area contributed by atoms with E-state index in [1.54, 1.807) is 19.9 Å². The summed E-state index contributed by atoms with van der Waals surface area (Å²) in [4.78, 5) is 27.9. The normalized spacial score (nSPS) is 13.3. The lowest BCUT2D eigenvalue weighted by atomic mass is 10.1. The average molecular weight is 409 g/mol. The minimum atomic E-state index is -3.92. The Morgan fingerprint density at radius 1 is 1.14 bits per heavy atom. The molecule has 2 atom stereocenters. The maximum atomic E-state index is 13.3. The number of hydrogen-bond donors (Lipinski definition) is 2. The lowest BCUT2D eigenvalue weighted by Crippen LogP contribution is -2.34. The van der Waals surface area contributed by atoms with Crippen molar-refractivity contribution < 1.29 is 27.5 Å². The van der Waals surface area contributed by atoms with Gasteiger partial charge in [-0.3, -0.25) is 9.59 Å². The molecular weight excluding hydrogens is 387 g/mol. The molecule has 2 aromatic rings. The second-order valence-electron chi connectivity index (χ2n) is 6.61. The highest BCUT2D eigenvalue weighted by molar-refractivity contribution is 5.96. The molecule has 6 nitrogen and oxygen atoms in total. The van der Waals surface area contributed by atoms with Crippen molar-refractivity contribution in [2.45, 2.75) is 46.0 Å². The van der Waals surface area contributed by atoms with Crippen LogP contribution in [0.1, 0.15) is 48.4 Å². The van der Waals surface area contributed by atoms with E-state index in [0.717, 1.165) is 0 Å². The van der Waals surface area contributed by atoms with E-state index in [0.29, 0.717) is 23.7 Å². The van der Waals surface area contributed by atoms with E-state index >= 15 is 0 Å². The Morgan fingerprint density at radius 2 is 1.76 bits per heavy atom. The summed E-state index contributed by atoms with van der Waals surface area (Å²) >= 11 is 0. The van der Waals surface area contributed by atoms with E-state index < -0.39 is 24.2 Å². The number of aromatic nitrogens is 1. The number of halogens is 3. The fourth-order valence-electron chi connectivity index (χ4n) is 2.47. The van der Waals surface area contributed by atoms with Crippen LogP contribution in [0.3, 0.4) is 0 Å². The third kappa shape index (κ3) is 6.20. The summed E-state index contributed by atoms with van der Waals surface area (Å²) in [5, 5.41) is 5.30. The molecule has 0 saturated carbocycles. The predicted molar refractivity (Wildman–Crippen MR) is 102 cm³/mol. The van der Waals surface area contributed by atoms with Gasteiger partial charge >= 0.3 is 6.11 Å². The lowest BCUT2D eigenvalue weighted by Gasteiger charge is -2.20. The molecule has 0 saturated heterocycles. The zero-order chi connectivity index (χ0) is 21.8. The highest BCUT2D eigenvalue weighted by Crippen LogP contribution is 2.27. The zero-order valence-electron chi connectivity index (χ0n) is 16.4.